The van der Waals surface area contributed by atoms with Crippen LogP contribution in [0.15, 0.2) is 0 Å². The second-order valence-corrected chi connectivity index (χ2v) is 6.52. The van der Waals surface area contributed by atoms with Gasteiger partial charge in [-0.15, -0.1) is 0 Å². The van der Waals surface area contributed by atoms with Crippen LogP contribution >= 0.6 is 0 Å². The number of methoxy groups -OCH3 is 1. The molecule has 0 bridgehead atoms. The first-order valence-corrected chi connectivity index (χ1v) is 7.89. The van der Waals surface area contributed by atoms with Gasteiger partial charge in [-0.3, -0.25) is 4.79 Å². The second kappa shape index (κ2) is 10.9. The van der Waals surface area contributed by atoms with Gasteiger partial charge in [-0.25, -0.2) is 0 Å². The molecule has 0 unspecified atom stereocenters. The van der Waals surface area contributed by atoms with Crippen LogP contribution in [0.5, 0.6) is 0 Å². The third-order valence-electron chi connectivity index (χ3n) is 3.51. The number of aliphatic hydroxyl groups excluding tert-OH is 1. The van der Waals surface area contributed by atoms with Crippen LogP contribution in [0.3, 0.4) is 0 Å². The number of carbonyl (C=O) groups excluding carboxylic acids is 1. The van der Waals surface area contributed by atoms with Crippen molar-refractivity contribution in [3.05, 3.63) is 0 Å². The van der Waals surface area contributed by atoms with Crippen molar-refractivity contribution in [3.8, 4) is 0 Å². The van der Waals surface area contributed by atoms with Gasteiger partial charge in [0.2, 0.25) is 0 Å². The summed E-state index contributed by atoms with van der Waals surface area (Å²) >= 11 is 0. The van der Waals surface area contributed by atoms with Crippen molar-refractivity contribution < 1.29 is 24.1 Å². The average molecular weight is 319 g/mol. The van der Waals surface area contributed by atoms with Crippen molar-refractivity contribution in [1.29, 1.82) is 0 Å². The van der Waals surface area contributed by atoms with Crippen molar-refractivity contribution in [3.63, 3.8) is 0 Å². The van der Waals surface area contributed by atoms with Crippen LogP contribution in [-0.2, 0) is 19.0 Å². The Morgan fingerprint density at radius 1 is 1.05 bits per heavy atom. The SMILES string of the molecule is COC(C)(C)CCOC(C)(C)CCOC(=O)CCNCCO. The first kappa shape index (κ1) is 21.3. The number of aliphatic hydroxyl groups is 1. The summed E-state index contributed by atoms with van der Waals surface area (Å²) in [4.78, 5) is 11.5. The van der Waals surface area contributed by atoms with E-state index in [0.29, 0.717) is 39.1 Å². The van der Waals surface area contributed by atoms with E-state index in [9.17, 15) is 4.79 Å². The lowest BCUT2D eigenvalue weighted by Gasteiger charge is -2.28. The largest absolute Gasteiger partial charge is 0.466 e. The van der Waals surface area contributed by atoms with E-state index in [2.05, 4.69) is 5.32 Å². The molecule has 0 spiro atoms. The number of ether oxygens (including phenoxy) is 3. The highest BCUT2D eigenvalue weighted by Crippen LogP contribution is 2.18. The van der Waals surface area contributed by atoms with Crippen molar-refractivity contribution in [2.75, 3.05) is 40.0 Å². The summed E-state index contributed by atoms with van der Waals surface area (Å²) in [6.07, 6.45) is 1.77. The lowest BCUT2D eigenvalue weighted by Crippen LogP contribution is -2.31. The van der Waals surface area contributed by atoms with Gasteiger partial charge in [0, 0.05) is 26.6 Å². The highest BCUT2D eigenvalue weighted by molar-refractivity contribution is 5.69. The molecule has 0 radical (unpaired) electrons. The molecule has 0 heterocycles. The Hall–Kier alpha value is -0.690. The predicted octanol–water partition coefficient (Wildman–Crippen LogP) is 1.50. The van der Waals surface area contributed by atoms with Gasteiger partial charge in [0.1, 0.15) is 0 Å². The highest BCUT2D eigenvalue weighted by atomic mass is 16.5. The summed E-state index contributed by atoms with van der Waals surface area (Å²) in [5.41, 5.74) is -0.524. The summed E-state index contributed by atoms with van der Waals surface area (Å²) in [6, 6.07) is 0. The number of carbonyl (C=O) groups is 1. The molecular weight excluding hydrogens is 286 g/mol. The smallest absolute Gasteiger partial charge is 0.307 e. The molecule has 0 fully saturated rings. The fourth-order valence-electron chi connectivity index (χ4n) is 1.62. The fraction of sp³-hybridized carbons (Fsp3) is 0.938. The normalized spacial score (nSPS) is 12.5. The molecule has 2 N–H and O–H groups in total. The molecule has 6 nitrogen and oxygen atoms in total. The van der Waals surface area contributed by atoms with Gasteiger partial charge < -0.3 is 24.6 Å². The quantitative estimate of drug-likeness (QED) is 0.396. The molecule has 0 aromatic heterocycles. The molecule has 0 aliphatic heterocycles. The van der Waals surface area contributed by atoms with E-state index in [-0.39, 0.29) is 23.8 Å². The van der Waals surface area contributed by atoms with Gasteiger partial charge in [-0.1, -0.05) is 0 Å². The van der Waals surface area contributed by atoms with Crippen molar-refractivity contribution in [2.45, 2.75) is 58.2 Å². The van der Waals surface area contributed by atoms with E-state index in [1.165, 1.54) is 0 Å². The zero-order valence-electron chi connectivity index (χ0n) is 14.7. The Bertz CT molecular complexity index is 305. The van der Waals surface area contributed by atoms with Gasteiger partial charge in [0.25, 0.3) is 0 Å². The zero-order valence-corrected chi connectivity index (χ0v) is 14.7. The van der Waals surface area contributed by atoms with Crippen molar-refractivity contribution in [1.82, 2.24) is 5.32 Å². The lowest BCUT2D eigenvalue weighted by atomic mass is 10.0. The number of hydrogen-bond acceptors (Lipinski definition) is 6. The minimum absolute atomic E-state index is 0.0699. The Kier molecular flexibility index (Phi) is 10.6. The number of rotatable bonds is 13. The summed E-state index contributed by atoms with van der Waals surface area (Å²) in [6.45, 7) is 10.1. The Morgan fingerprint density at radius 2 is 1.68 bits per heavy atom. The molecule has 0 amide bonds. The maximum absolute atomic E-state index is 11.5. The molecule has 6 heteroatoms. The topological polar surface area (TPSA) is 77.0 Å². The average Bonchev–Trinajstić information content (AvgIpc) is 2.43. The Morgan fingerprint density at radius 3 is 2.27 bits per heavy atom. The van der Waals surface area contributed by atoms with Crippen LogP contribution in [0.2, 0.25) is 0 Å². The van der Waals surface area contributed by atoms with E-state index >= 15 is 0 Å². The molecule has 132 valence electrons. The Balaban J connectivity index is 3.76. The van der Waals surface area contributed by atoms with Crippen molar-refractivity contribution >= 4 is 5.97 Å². The van der Waals surface area contributed by atoms with Crippen LogP contribution in [-0.4, -0.2) is 62.3 Å². The summed E-state index contributed by atoms with van der Waals surface area (Å²) < 4.78 is 16.4. The summed E-state index contributed by atoms with van der Waals surface area (Å²) in [5.74, 6) is -0.234. The van der Waals surface area contributed by atoms with Crippen LogP contribution in [0.25, 0.3) is 0 Å². The minimum Gasteiger partial charge on any atom is -0.466 e. The van der Waals surface area contributed by atoms with Crippen LogP contribution in [0.4, 0.5) is 0 Å². The van der Waals surface area contributed by atoms with E-state index in [4.69, 9.17) is 19.3 Å². The lowest BCUT2D eigenvalue weighted by molar-refractivity contribution is -0.145. The maximum atomic E-state index is 11.5. The fourth-order valence-corrected chi connectivity index (χ4v) is 1.62. The highest BCUT2D eigenvalue weighted by Gasteiger charge is 2.22. The van der Waals surface area contributed by atoms with E-state index in [0.717, 1.165) is 6.42 Å². The van der Waals surface area contributed by atoms with E-state index in [1.807, 2.05) is 27.7 Å². The van der Waals surface area contributed by atoms with Gasteiger partial charge in [0.15, 0.2) is 0 Å². The maximum Gasteiger partial charge on any atom is 0.307 e. The third-order valence-corrected chi connectivity index (χ3v) is 3.51. The molecule has 0 atom stereocenters. The number of hydrogen-bond donors (Lipinski definition) is 2. The summed E-state index contributed by atoms with van der Waals surface area (Å²) in [7, 11) is 1.69. The van der Waals surface area contributed by atoms with Crippen LogP contribution in [0.1, 0.15) is 47.0 Å². The van der Waals surface area contributed by atoms with Crippen LogP contribution < -0.4 is 5.32 Å². The molecule has 0 aliphatic carbocycles. The van der Waals surface area contributed by atoms with E-state index in [1.54, 1.807) is 7.11 Å². The third kappa shape index (κ3) is 11.9. The molecular formula is C16H33NO5. The molecule has 0 saturated heterocycles. The molecule has 0 aromatic carbocycles. The first-order valence-electron chi connectivity index (χ1n) is 7.89. The molecule has 0 rings (SSSR count). The monoisotopic (exact) mass is 319 g/mol. The molecule has 22 heavy (non-hydrogen) atoms. The first-order chi connectivity index (χ1) is 10.2. The standard InChI is InChI=1S/C16H33NO5/c1-15(2,20-5)8-13-22-16(3,4)7-12-21-14(19)6-9-17-10-11-18/h17-18H,6-13H2,1-5H3. The predicted molar refractivity (Wildman–Crippen MR) is 85.9 cm³/mol. The van der Waals surface area contributed by atoms with Crippen LogP contribution in [0, 0.1) is 0 Å². The zero-order chi connectivity index (χ0) is 17.1. The minimum atomic E-state index is -0.334. The number of esters is 1. The van der Waals surface area contributed by atoms with E-state index < -0.39 is 0 Å². The number of nitrogens with one attached hydrogen (secondary N) is 1. The molecule has 0 saturated carbocycles. The molecule has 0 aromatic rings. The second-order valence-electron chi connectivity index (χ2n) is 6.52. The van der Waals surface area contributed by atoms with Gasteiger partial charge in [-0.2, -0.15) is 0 Å². The van der Waals surface area contributed by atoms with Gasteiger partial charge >= 0.3 is 5.97 Å². The van der Waals surface area contributed by atoms with Gasteiger partial charge in [0.05, 0.1) is 37.4 Å². The van der Waals surface area contributed by atoms with Crippen molar-refractivity contribution in [2.24, 2.45) is 0 Å². The molecule has 0 aliphatic rings. The Labute approximate surface area is 134 Å². The summed E-state index contributed by atoms with van der Waals surface area (Å²) in [5, 5.41) is 11.5. The van der Waals surface area contributed by atoms with Gasteiger partial charge in [-0.05, 0) is 34.1 Å².